The molecular weight excluding hydrogens is 226 g/mol. The second-order valence-corrected chi connectivity index (χ2v) is 5.08. The Balaban J connectivity index is 2.73. The molecule has 1 rings (SSSR count). The molecule has 0 aliphatic carbocycles. The Morgan fingerprint density at radius 2 is 2.06 bits per heavy atom. The molecule has 0 radical (unpaired) electrons. The number of nitrogens with zero attached hydrogens (tertiary/aromatic N) is 2. The predicted octanol–water partition coefficient (Wildman–Crippen LogP) is 2.63. The Bertz CT molecular complexity index is 387. The Hall–Kier alpha value is -1.58. The monoisotopic (exact) mass is 249 g/mol. The van der Waals surface area contributed by atoms with Gasteiger partial charge in [0.25, 0.3) is 5.91 Å². The summed E-state index contributed by atoms with van der Waals surface area (Å²) in [6, 6.07) is 3.86. The van der Waals surface area contributed by atoms with Gasteiger partial charge in [0.05, 0.1) is 5.56 Å². The van der Waals surface area contributed by atoms with E-state index < -0.39 is 0 Å². The van der Waals surface area contributed by atoms with E-state index in [1.165, 1.54) is 0 Å². The highest BCUT2D eigenvalue weighted by Gasteiger charge is 2.18. The first-order valence-corrected chi connectivity index (χ1v) is 6.36. The molecular formula is C14H23N3O. The number of amides is 1. The summed E-state index contributed by atoms with van der Waals surface area (Å²) < 4.78 is 0. The van der Waals surface area contributed by atoms with Gasteiger partial charge >= 0.3 is 0 Å². The smallest absolute Gasteiger partial charge is 0.255 e. The number of aromatic nitrogens is 1. The molecule has 0 aliphatic heterocycles. The van der Waals surface area contributed by atoms with Crippen molar-refractivity contribution in [1.82, 2.24) is 9.88 Å². The lowest BCUT2D eigenvalue weighted by Crippen LogP contribution is -2.35. The second-order valence-electron chi connectivity index (χ2n) is 5.08. The van der Waals surface area contributed by atoms with Crippen molar-refractivity contribution in [1.29, 1.82) is 0 Å². The van der Waals surface area contributed by atoms with Gasteiger partial charge in [0.15, 0.2) is 0 Å². The van der Waals surface area contributed by atoms with Gasteiger partial charge in [0.2, 0.25) is 0 Å². The average Bonchev–Trinajstić information content (AvgIpc) is 2.36. The van der Waals surface area contributed by atoms with Crippen molar-refractivity contribution in [2.75, 3.05) is 19.4 Å². The highest BCUT2D eigenvalue weighted by atomic mass is 16.2. The van der Waals surface area contributed by atoms with Crippen molar-refractivity contribution in [2.45, 2.75) is 33.2 Å². The van der Waals surface area contributed by atoms with Crippen LogP contribution >= 0.6 is 0 Å². The van der Waals surface area contributed by atoms with Gasteiger partial charge in [-0.3, -0.25) is 4.79 Å². The van der Waals surface area contributed by atoms with Crippen LogP contribution in [0.25, 0.3) is 0 Å². The quantitative estimate of drug-likeness (QED) is 0.872. The Morgan fingerprint density at radius 3 is 2.50 bits per heavy atom. The van der Waals surface area contributed by atoms with E-state index in [0.29, 0.717) is 11.5 Å². The maximum absolute atomic E-state index is 12.2. The molecule has 4 heteroatoms. The number of hydrogen-bond donors (Lipinski definition) is 1. The topological polar surface area (TPSA) is 45.2 Å². The molecule has 0 bridgehead atoms. The molecule has 1 aromatic rings. The third-order valence-corrected chi connectivity index (χ3v) is 3.06. The zero-order valence-corrected chi connectivity index (χ0v) is 11.9. The van der Waals surface area contributed by atoms with E-state index in [4.69, 9.17) is 0 Å². The number of hydrogen-bond acceptors (Lipinski definition) is 3. The van der Waals surface area contributed by atoms with E-state index in [-0.39, 0.29) is 11.9 Å². The minimum Gasteiger partial charge on any atom is -0.373 e. The van der Waals surface area contributed by atoms with Gasteiger partial charge in [-0.2, -0.15) is 0 Å². The van der Waals surface area contributed by atoms with Crippen LogP contribution in [-0.2, 0) is 0 Å². The van der Waals surface area contributed by atoms with Crippen LogP contribution in [0.3, 0.4) is 0 Å². The molecule has 4 nitrogen and oxygen atoms in total. The molecule has 18 heavy (non-hydrogen) atoms. The summed E-state index contributed by atoms with van der Waals surface area (Å²) in [6.07, 6.45) is 2.62. The van der Waals surface area contributed by atoms with Crippen molar-refractivity contribution in [3.05, 3.63) is 23.9 Å². The summed E-state index contributed by atoms with van der Waals surface area (Å²) in [4.78, 5) is 18.2. The maximum Gasteiger partial charge on any atom is 0.255 e. The van der Waals surface area contributed by atoms with E-state index >= 15 is 0 Å². The van der Waals surface area contributed by atoms with Gasteiger partial charge in [0.1, 0.15) is 5.82 Å². The highest BCUT2D eigenvalue weighted by Crippen LogP contribution is 2.13. The molecule has 1 atom stereocenters. The predicted molar refractivity (Wildman–Crippen MR) is 74.8 cm³/mol. The number of carbonyl (C=O) groups is 1. The Kier molecular flexibility index (Phi) is 5.13. The van der Waals surface area contributed by atoms with Crippen molar-refractivity contribution < 1.29 is 4.79 Å². The van der Waals surface area contributed by atoms with Gasteiger partial charge in [-0.15, -0.1) is 0 Å². The molecule has 1 heterocycles. The van der Waals surface area contributed by atoms with Crippen LogP contribution in [0.4, 0.5) is 5.82 Å². The number of rotatable bonds is 5. The largest absolute Gasteiger partial charge is 0.373 e. The summed E-state index contributed by atoms with van der Waals surface area (Å²) in [5.74, 6) is 1.38. The van der Waals surface area contributed by atoms with E-state index in [1.54, 1.807) is 24.2 Å². The van der Waals surface area contributed by atoms with Gasteiger partial charge in [0, 0.05) is 26.3 Å². The molecule has 0 fully saturated rings. The van der Waals surface area contributed by atoms with Crippen molar-refractivity contribution in [3.63, 3.8) is 0 Å². The number of anilines is 1. The van der Waals surface area contributed by atoms with E-state index in [1.807, 2.05) is 13.1 Å². The van der Waals surface area contributed by atoms with E-state index in [2.05, 4.69) is 31.1 Å². The lowest BCUT2D eigenvalue weighted by atomic mass is 10.0. The molecule has 1 amide bonds. The van der Waals surface area contributed by atoms with Crippen molar-refractivity contribution in [3.8, 4) is 0 Å². The van der Waals surface area contributed by atoms with Crippen LogP contribution in [-0.4, -0.2) is 35.9 Å². The third-order valence-electron chi connectivity index (χ3n) is 3.06. The summed E-state index contributed by atoms with van der Waals surface area (Å²) in [6.45, 7) is 6.41. The summed E-state index contributed by atoms with van der Waals surface area (Å²) in [5, 5.41) is 2.94. The fourth-order valence-electron chi connectivity index (χ4n) is 1.91. The molecule has 0 saturated carbocycles. The van der Waals surface area contributed by atoms with Crippen LogP contribution < -0.4 is 5.32 Å². The van der Waals surface area contributed by atoms with E-state index in [9.17, 15) is 4.79 Å². The molecule has 0 saturated heterocycles. The third kappa shape index (κ3) is 3.72. The average molecular weight is 249 g/mol. The first-order valence-electron chi connectivity index (χ1n) is 6.36. The number of carbonyl (C=O) groups excluding carboxylic acids is 1. The molecule has 1 N–H and O–H groups in total. The maximum atomic E-state index is 12.2. The van der Waals surface area contributed by atoms with Gasteiger partial charge in [-0.25, -0.2) is 4.98 Å². The minimum absolute atomic E-state index is 0.0262. The van der Waals surface area contributed by atoms with E-state index in [0.717, 1.165) is 12.2 Å². The summed E-state index contributed by atoms with van der Waals surface area (Å²) >= 11 is 0. The van der Waals surface area contributed by atoms with Gasteiger partial charge < -0.3 is 10.2 Å². The SMILES string of the molecule is CNc1ccc(C(=O)N(C)C(C)CC(C)C)cn1. The van der Waals surface area contributed by atoms with Crippen molar-refractivity contribution in [2.24, 2.45) is 5.92 Å². The lowest BCUT2D eigenvalue weighted by Gasteiger charge is -2.26. The van der Waals surface area contributed by atoms with Gasteiger partial charge in [-0.05, 0) is 31.4 Å². The fourth-order valence-corrected chi connectivity index (χ4v) is 1.91. The van der Waals surface area contributed by atoms with Crippen LogP contribution in [0.5, 0.6) is 0 Å². The van der Waals surface area contributed by atoms with Crippen LogP contribution in [0.2, 0.25) is 0 Å². The normalized spacial score (nSPS) is 12.3. The standard InChI is InChI=1S/C14H23N3O/c1-10(2)8-11(3)17(5)14(18)12-6-7-13(15-4)16-9-12/h6-7,9-11H,8H2,1-5H3,(H,15,16). The zero-order chi connectivity index (χ0) is 13.7. The molecule has 0 aliphatic rings. The lowest BCUT2D eigenvalue weighted by molar-refractivity contribution is 0.0728. The first-order chi connectivity index (χ1) is 8.45. The first kappa shape index (κ1) is 14.5. The number of nitrogens with one attached hydrogen (secondary N) is 1. The van der Waals surface area contributed by atoms with Gasteiger partial charge in [-0.1, -0.05) is 13.8 Å². The minimum atomic E-state index is 0.0262. The highest BCUT2D eigenvalue weighted by molar-refractivity contribution is 5.94. The van der Waals surface area contributed by atoms with Crippen LogP contribution in [0.1, 0.15) is 37.6 Å². The Morgan fingerprint density at radius 1 is 1.39 bits per heavy atom. The number of pyridine rings is 1. The molecule has 0 aromatic carbocycles. The Labute approximate surface area is 109 Å². The fraction of sp³-hybridized carbons (Fsp3) is 0.571. The molecule has 100 valence electrons. The second kappa shape index (κ2) is 6.38. The van der Waals surface area contributed by atoms with Crippen LogP contribution in [0.15, 0.2) is 18.3 Å². The van der Waals surface area contributed by atoms with Crippen molar-refractivity contribution >= 4 is 11.7 Å². The molecule has 1 unspecified atom stereocenters. The summed E-state index contributed by atoms with van der Waals surface area (Å²) in [5.41, 5.74) is 0.632. The molecule has 1 aromatic heterocycles. The molecule has 0 spiro atoms. The van der Waals surface area contributed by atoms with Crippen LogP contribution in [0, 0.1) is 5.92 Å². The summed E-state index contributed by atoms with van der Waals surface area (Å²) in [7, 11) is 3.65. The zero-order valence-electron chi connectivity index (χ0n) is 11.9.